The summed E-state index contributed by atoms with van der Waals surface area (Å²) in [5.74, 6) is 0.0334. The molecule has 0 N–H and O–H groups in total. The van der Waals surface area contributed by atoms with Crippen molar-refractivity contribution in [2.24, 2.45) is 0 Å². The van der Waals surface area contributed by atoms with Crippen molar-refractivity contribution in [3.05, 3.63) is 55.2 Å². The van der Waals surface area contributed by atoms with Gasteiger partial charge < -0.3 is 0 Å². The summed E-state index contributed by atoms with van der Waals surface area (Å²) >= 11 is 13.1. The Morgan fingerprint density at radius 1 is 1.16 bits per heavy atom. The van der Waals surface area contributed by atoms with Gasteiger partial charge in [0.25, 0.3) is 0 Å². The molecule has 0 saturated carbocycles. The van der Waals surface area contributed by atoms with E-state index in [0.29, 0.717) is 20.7 Å². The Labute approximate surface area is 126 Å². The summed E-state index contributed by atoms with van der Waals surface area (Å²) in [6.07, 6.45) is 3.90. The Bertz CT molecular complexity index is 646. The van der Waals surface area contributed by atoms with E-state index in [2.05, 4.69) is 12.1 Å². The Morgan fingerprint density at radius 3 is 2.68 bits per heavy atom. The highest BCUT2D eigenvalue weighted by Crippen LogP contribution is 2.32. The topological polar surface area (TPSA) is 17.1 Å². The van der Waals surface area contributed by atoms with Gasteiger partial charge in [0, 0.05) is 12.0 Å². The number of aryl methyl sites for hydroxylation is 2. The van der Waals surface area contributed by atoms with Gasteiger partial charge in [-0.2, -0.15) is 0 Å². The number of thiophene rings is 1. The fourth-order valence-corrected chi connectivity index (χ4v) is 4.05. The minimum atomic E-state index is 0.0334. The fraction of sp³-hybridized carbons (Fsp3) is 0.267. The fourth-order valence-electron chi connectivity index (χ4n) is 2.55. The van der Waals surface area contributed by atoms with Crippen LogP contribution in [0.1, 0.15) is 33.5 Å². The van der Waals surface area contributed by atoms with Crippen LogP contribution in [-0.4, -0.2) is 5.78 Å². The normalized spacial score (nSPS) is 13.6. The summed E-state index contributed by atoms with van der Waals surface area (Å²) in [7, 11) is 0. The zero-order valence-corrected chi connectivity index (χ0v) is 12.5. The first kappa shape index (κ1) is 13.2. The Hall–Kier alpha value is -0.830. The van der Waals surface area contributed by atoms with Crippen LogP contribution < -0.4 is 0 Å². The zero-order chi connectivity index (χ0) is 13.4. The van der Waals surface area contributed by atoms with Gasteiger partial charge in [0.05, 0.1) is 4.34 Å². The lowest BCUT2D eigenvalue weighted by Crippen LogP contribution is -2.03. The maximum Gasteiger partial charge on any atom is 0.169 e. The first-order chi connectivity index (χ1) is 9.13. The molecule has 0 amide bonds. The largest absolute Gasteiger partial charge is 0.294 e. The lowest BCUT2D eigenvalue weighted by molar-refractivity contribution is 0.0993. The average molecular weight is 311 g/mol. The first-order valence-corrected chi connectivity index (χ1v) is 7.79. The number of rotatable bonds is 3. The molecule has 0 spiro atoms. The number of carbonyl (C=O) groups is 1. The quantitative estimate of drug-likeness (QED) is 0.732. The van der Waals surface area contributed by atoms with Crippen LogP contribution in [-0.2, 0) is 19.3 Å². The Balaban J connectivity index is 1.81. The van der Waals surface area contributed by atoms with Gasteiger partial charge in [-0.05, 0) is 42.0 Å². The predicted octanol–water partition coefficient (Wildman–Crippen LogP) is 4.97. The van der Waals surface area contributed by atoms with Crippen molar-refractivity contribution in [1.29, 1.82) is 0 Å². The molecule has 1 heterocycles. The predicted molar refractivity (Wildman–Crippen MR) is 80.8 cm³/mol. The Kier molecular flexibility index (Phi) is 3.66. The maximum atomic E-state index is 12.2. The standard InChI is InChI=1S/C15H12Cl2OS/c16-14-8-12(15(17)19-14)13(18)7-9-4-5-10-2-1-3-11(10)6-9/h4-6,8H,1-3,7H2. The second-order valence-electron chi connectivity index (χ2n) is 4.79. The van der Waals surface area contributed by atoms with Crippen LogP contribution in [0.15, 0.2) is 24.3 Å². The second kappa shape index (κ2) is 5.28. The number of fused-ring (bicyclic) bond motifs is 1. The molecule has 1 aliphatic rings. The molecule has 0 radical (unpaired) electrons. The van der Waals surface area contributed by atoms with Crippen molar-refractivity contribution >= 4 is 40.3 Å². The molecule has 1 aromatic heterocycles. The van der Waals surface area contributed by atoms with Gasteiger partial charge in [-0.15, -0.1) is 11.3 Å². The summed E-state index contributed by atoms with van der Waals surface area (Å²) in [6, 6.07) is 8.00. The van der Waals surface area contributed by atoms with E-state index in [0.717, 1.165) is 18.4 Å². The van der Waals surface area contributed by atoms with Crippen molar-refractivity contribution in [3.63, 3.8) is 0 Å². The average Bonchev–Trinajstić information content (AvgIpc) is 2.94. The third-order valence-electron chi connectivity index (χ3n) is 3.48. The Morgan fingerprint density at radius 2 is 1.95 bits per heavy atom. The monoisotopic (exact) mass is 310 g/mol. The molecule has 0 saturated heterocycles. The molecule has 19 heavy (non-hydrogen) atoms. The van der Waals surface area contributed by atoms with Crippen LogP contribution in [0.25, 0.3) is 0 Å². The molecule has 4 heteroatoms. The summed E-state index contributed by atoms with van der Waals surface area (Å²) in [5.41, 5.74) is 4.41. The van der Waals surface area contributed by atoms with Crippen LogP contribution >= 0.6 is 34.5 Å². The van der Waals surface area contributed by atoms with E-state index in [1.165, 1.54) is 28.9 Å². The smallest absolute Gasteiger partial charge is 0.169 e. The van der Waals surface area contributed by atoms with E-state index in [1.54, 1.807) is 6.07 Å². The number of carbonyl (C=O) groups excluding carboxylic acids is 1. The molecule has 1 aromatic carbocycles. The summed E-state index contributed by atoms with van der Waals surface area (Å²) in [6.45, 7) is 0. The summed E-state index contributed by atoms with van der Waals surface area (Å²) in [4.78, 5) is 12.2. The van der Waals surface area contributed by atoms with Crippen LogP contribution in [0, 0.1) is 0 Å². The molecule has 0 fully saturated rings. The van der Waals surface area contributed by atoms with Crippen molar-refractivity contribution in [3.8, 4) is 0 Å². The van der Waals surface area contributed by atoms with Crippen LogP contribution in [0.2, 0.25) is 8.67 Å². The lowest BCUT2D eigenvalue weighted by Gasteiger charge is -2.04. The van der Waals surface area contributed by atoms with Crippen LogP contribution in [0.3, 0.4) is 0 Å². The van der Waals surface area contributed by atoms with Crippen molar-refractivity contribution < 1.29 is 4.79 Å². The molecule has 3 rings (SSSR count). The number of ketones is 1. The van der Waals surface area contributed by atoms with E-state index in [9.17, 15) is 4.79 Å². The first-order valence-electron chi connectivity index (χ1n) is 6.22. The molecule has 0 aliphatic heterocycles. The molecule has 0 unspecified atom stereocenters. The van der Waals surface area contributed by atoms with Gasteiger partial charge in [-0.25, -0.2) is 0 Å². The molecule has 0 bridgehead atoms. The van der Waals surface area contributed by atoms with E-state index in [1.807, 2.05) is 6.07 Å². The molecular weight excluding hydrogens is 299 g/mol. The highest BCUT2D eigenvalue weighted by Gasteiger charge is 2.16. The van der Waals surface area contributed by atoms with Gasteiger partial charge in [0.15, 0.2) is 5.78 Å². The van der Waals surface area contributed by atoms with E-state index >= 15 is 0 Å². The van der Waals surface area contributed by atoms with Gasteiger partial charge in [0.1, 0.15) is 4.34 Å². The van der Waals surface area contributed by atoms with Gasteiger partial charge in [-0.3, -0.25) is 4.79 Å². The second-order valence-corrected chi connectivity index (χ2v) is 7.08. The van der Waals surface area contributed by atoms with Gasteiger partial charge in [0.2, 0.25) is 0 Å². The maximum absolute atomic E-state index is 12.2. The van der Waals surface area contributed by atoms with Gasteiger partial charge >= 0.3 is 0 Å². The van der Waals surface area contributed by atoms with Crippen LogP contribution in [0.4, 0.5) is 0 Å². The highest BCUT2D eigenvalue weighted by molar-refractivity contribution is 7.20. The molecule has 0 atom stereocenters. The van der Waals surface area contributed by atoms with Crippen molar-refractivity contribution in [1.82, 2.24) is 0 Å². The summed E-state index contributed by atoms with van der Waals surface area (Å²) < 4.78 is 1.04. The molecule has 1 aliphatic carbocycles. The van der Waals surface area contributed by atoms with E-state index < -0.39 is 0 Å². The molecule has 2 aromatic rings. The minimum Gasteiger partial charge on any atom is -0.294 e. The minimum absolute atomic E-state index is 0.0334. The molecule has 1 nitrogen and oxygen atoms in total. The molecule has 98 valence electrons. The number of halogens is 2. The number of hydrogen-bond acceptors (Lipinski definition) is 2. The van der Waals surface area contributed by atoms with Crippen LogP contribution in [0.5, 0.6) is 0 Å². The summed E-state index contributed by atoms with van der Waals surface area (Å²) in [5, 5.41) is 0. The highest BCUT2D eigenvalue weighted by atomic mass is 35.5. The zero-order valence-electron chi connectivity index (χ0n) is 10.2. The van der Waals surface area contributed by atoms with Crippen molar-refractivity contribution in [2.75, 3.05) is 0 Å². The van der Waals surface area contributed by atoms with Crippen molar-refractivity contribution in [2.45, 2.75) is 25.7 Å². The molecular formula is C15H12Cl2OS. The van der Waals surface area contributed by atoms with E-state index in [-0.39, 0.29) is 5.78 Å². The number of hydrogen-bond donors (Lipinski definition) is 0. The SMILES string of the molecule is O=C(Cc1ccc2c(c1)CCC2)c1cc(Cl)sc1Cl. The number of Topliss-reactive ketones (excluding diaryl/α,β-unsaturated/α-hetero) is 1. The van der Waals surface area contributed by atoms with Gasteiger partial charge in [-0.1, -0.05) is 41.4 Å². The third kappa shape index (κ3) is 2.71. The van der Waals surface area contributed by atoms with E-state index in [4.69, 9.17) is 23.2 Å². The number of benzene rings is 1. The lowest BCUT2D eigenvalue weighted by atomic mass is 10.0. The third-order valence-corrected chi connectivity index (χ3v) is 4.97.